The van der Waals surface area contributed by atoms with Crippen LogP contribution < -0.4 is 5.73 Å². The molecule has 2 fully saturated rings. The van der Waals surface area contributed by atoms with Crippen molar-refractivity contribution < 1.29 is 23.5 Å². The standard InChI is InChI=1S/C12H11N5O5P/c13-4-12(8-2-1-6-11(14)15-5-16-17(6)8)10(18)9-7(21-12)3-20-23(19)22-9/h1-2,5,7,9-10,18H,3H2,(H2,14,15,16)/q+1/t7-,9-,10-,12+/m1/s1. The molecule has 0 aliphatic carbocycles. The van der Waals surface area contributed by atoms with Gasteiger partial charge in [-0.1, -0.05) is 0 Å². The van der Waals surface area contributed by atoms with Gasteiger partial charge in [0, 0.05) is 4.57 Å². The molecule has 10 nitrogen and oxygen atoms in total. The van der Waals surface area contributed by atoms with Gasteiger partial charge in [-0.2, -0.15) is 10.4 Å². The maximum Gasteiger partial charge on any atom is 0.697 e. The first kappa shape index (κ1) is 14.4. The number of rotatable bonds is 1. The summed E-state index contributed by atoms with van der Waals surface area (Å²) in [6, 6.07) is 5.19. The molecule has 0 amide bonds. The van der Waals surface area contributed by atoms with Crippen LogP contribution in [0.25, 0.3) is 5.52 Å². The Morgan fingerprint density at radius 1 is 1.57 bits per heavy atom. The fraction of sp³-hybridized carbons (Fsp3) is 0.417. The van der Waals surface area contributed by atoms with Crippen molar-refractivity contribution in [2.75, 3.05) is 12.3 Å². The highest BCUT2D eigenvalue weighted by Crippen LogP contribution is 2.47. The second-order valence-electron chi connectivity index (χ2n) is 5.20. The van der Waals surface area contributed by atoms with Crippen LogP contribution >= 0.6 is 8.25 Å². The van der Waals surface area contributed by atoms with Gasteiger partial charge in [-0.05, 0) is 12.1 Å². The summed E-state index contributed by atoms with van der Waals surface area (Å²) in [6.45, 7) is -0.0409. The second kappa shape index (κ2) is 4.92. The van der Waals surface area contributed by atoms with Crippen molar-refractivity contribution in [3.63, 3.8) is 0 Å². The van der Waals surface area contributed by atoms with Crippen LogP contribution in [0.3, 0.4) is 0 Å². The van der Waals surface area contributed by atoms with E-state index in [1.165, 1.54) is 10.8 Å². The molecule has 11 heteroatoms. The molecule has 0 aromatic carbocycles. The molecule has 4 heterocycles. The molecule has 0 spiro atoms. The first-order valence-electron chi connectivity index (χ1n) is 6.69. The Kier molecular flexibility index (Phi) is 3.09. The Bertz CT molecular complexity index is 850. The van der Waals surface area contributed by atoms with Crippen molar-refractivity contribution >= 4 is 19.6 Å². The van der Waals surface area contributed by atoms with Crippen LogP contribution in [-0.2, 0) is 24.0 Å². The second-order valence-corrected chi connectivity index (χ2v) is 6.12. The Labute approximate surface area is 130 Å². The van der Waals surface area contributed by atoms with E-state index in [4.69, 9.17) is 19.5 Å². The van der Waals surface area contributed by atoms with Crippen molar-refractivity contribution in [2.24, 2.45) is 0 Å². The average molecular weight is 336 g/mol. The number of hydrogen-bond acceptors (Lipinski definition) is 9. The topological polar surface area (TPSA) is 145 Å². The lowest BCUT2D eigenvalue weighted by molar-refractivity contribution is -0.0664. The molecule has 4 rings (SSSR count). The number of aliphatic hydroxyl groups is 1. The van der Waals surface area contributed by atoms with E-state index >= 15 is 0 Å². The lowest BCUT2D eigenvalue weighted by Gasteiger charge is -2.23. The monoisotopic (exact) mass is 336 g/mol. The highest BCUT2D eigenvalue weighted by atomic mass is 31.1. The van der Waals surface area contributed by atoms with Crippen LogP contribution in [0, 0.1) is 11.3 Å². The maximum absolute atomic E-state index is 11.4. The highest BCUT2D eigenvalue weighted by Gasteiger charge is 2.63. The van der Waals surface area contributed by atoms with Gasteiger partial charge >= 0.3 is 8.25 Å². The highest BCUT2D eigenvalue weighted by molar-refractivity contribution is 7.33. The number of nitrogens with zero attached hydrogens (tertiary/aromatic N) is 4. The lowest BCUT2D eigenvalue weighted by atomic mass is 9.92. The number of ether oxygens (including phenoxy) is 1. The zero-order valence-electron chi connectivity index (χ0n) is 11.6. The fourth-order valence-electron chi connectivity index (χ4n) is 2.92. The number of fused-ring (bicyclic) bond motifs is 2. The molecule has 2 aliphatic heterocycles. The summed E-state index contributed by atoms with van der Waals surface area (Å²) in [4.78, 5) is 3.87. The van der Waals surface area contributed by atoms with Crippen LogP contribution in [0.15, 0.2) is 18.5 Å². The number of aromatic nitrogens is 3. The van der Waals surface area contributed by atoms with Gasteiger partial charge in [0.2, 0.25) is 5.60 Å². The van der Waals surface area contributed by atoms with Gasteiger partial charge in [0.1, 0.15) is 36.7 Å². The molecule has 2 aromatic heterocycles. The summed E-state index contributed by atoms with van der Waals surface area (Å²) >= 11 is 0. The van der Waals surface area contributed by atoms with E-state index in [0.717, 1.165) is 0 Å². The van der Waals surface area contributed by atoms with E-state index < -0.39 is 32.2 Å². The molecule has 5 atom stereocenters. The van der Waals surface area contributed by atoms with E-state index in [9.17, 15) is 14.9 Å². The van der Waals surface area contributed by atoms with Crippen LogP contribution in [0.4, 0.5) is 5.82 Å². The predicted molar refractivity (Wildman–Crippen MR) is 74.0 cm³/mol. The van der Waals surface area contributed by atoms with E-state index in [2.05, 4.69) is 10.1 Å². The van der Waals surface area contributed by atoms with Crippen molar-refractivity contribution in [3.8, 4) is 6.07 Å². The zero-order valence-corrected chi connectivity index (χ0v) is 12.5. The van der Waals surface area contributed by atoms with E-state index in [1.807, 2.05) is 6.07 Å². The number of nitrogen functional groups attached to an aromatic ring is 1. The summed E-state index contributed by atoms with van der Waals surface area (Å²) < 4.78 is 28.5. The Morgan fingerprint density at radius 3 is 3.17 bits per heavy atom. The lowest BCUT2D eigenvalue weighted by Crippen LogP contribution is -2.42. The summed E-state index contributed by atoms with van der Waals surface area (Å²) in [7, 11) is -2.35. The Morgan fingerprint density at radius 2 is 2.39 bits per heavy atom. The fourth-order valence-corrected chi connectivity index (χ4v) is 3.70. The number of anilines is 1. The van der Waals surface area contributed by atoms with Gasteiger partial charge in [-0.3, -0.25) is 0 Å². The van der Waals surface area contributed by atoms with E-state index in [-0.39, 0.29) is 18.1 Å². The predicted octanol–water partition coefficient (Wildman–Crippen LogP) is -0.137. The van der Waals surface area contributed by atoms with Crippen molar-refractivity contribution in [1.82, 2.24) is 14.6 Å². The first-order chi connectivity index (χ1) is 11.1. The molecule has 2 saturated heterocycles. The third-order valence-corrected chi connectivity index (χ3v) is 4.79. The summed E-state index contributed by atoms with van der Waals surface area (Å²) in [5.41, 5.74) is 4.80. The first-order valence-corrected chi connectivity index (χ1v) is 7.79. The van der Waals surface area contributed by atoms with Gasteiger partial charge in [0.25, 0.3) is 0 Å². The molecule has 0 saturated carbocycles. The molecular weight excluding hydrogens is 325 g/mol. The van der Waals surface area contributed by atoms with E-state index in [1.54, 1.807) is 12.1 Å². The van der Waals surface area contributed by atoms with Crippen molar-refractivity contribution in [2.45, 2.75) is 23.9 Å². The molecule has 23 heavy (non-hydrogen) atoms. The summed E-state index contributed by atoms with van der Waals surface area (Å²) in [6.07, 6.45) is -1.78. The van der Waals surface area contributed by atoms with Gasteiger partial charge in [-0.15, -0.1) is 9.05 Å². The Hall–Kier alpha value is -2.15. The smallest absolute Gasteiger partial charge is 0.385 e. The number of nitriles is 1. The number of hydrogen-bond donors (Lipinski definition) is 2. The minimum Gasteiger partial charge on any atom is -0.385 e. The van der Waals surface area contributed by atoms with Crippen LogP contribution in [0.2, 0.25) is 0 Å². The SMILES string of the molecule is N#C[C@@]1(c2ccc3c(N)ncnn23)O[C@@H]2CO[P+](=O)O[C@H]2[C@H]1O. The third-order valence-electron chi connectivity index (χ3n) is 4.01. The Balaban J connectivity index is 1.86. The van der Waals surface area contributed by atoms with Crippen molar-refractivity contribution in [1.29, 1.82) is 5.26 Å². The largest absolute Gasteiger partial charge is 0.697 e. The quantitative estimate of drug-likeness (QED) is 0.679. The molecule has 118 valence electrons. The summed E-state index contributed by atoms with van der Waals surface area (Å²) in [5, 5.41) is 24.4. The zero-order chi connectivity index (χ0) is 16.2. The normalized spacial score (nSPS) is 35.1. The molecule has 0 bridgehead atoms. The van der Waals surface area contributed by atoms with Gasteiger partial charge < -0.3 is 15.6 Å². The van der Waals surface area contributed by atoms with Crippen LogP contribution in [-0.4, -0.2) is 44.6 Å². The van der Waals surface area contributed by atoms with Gasteiger partial charge in [0.15, 0.2) is 11.9 Å². The molecule has 1 unspecified atom stereocenters. The van der Waals surface area contributed by atoms with Gasteiger partial charge in [0.05, 0.1) is 5.69 Å². The number of nitrogens with two attached hydrogens (primary N) is 1. The molecule has 2 aliphatic rings. The summed E-state index contributed by atoms with van der Waals surface area (Å²) in [5.74, 6) is 0.229. The van der Waals surface area contributed by atoms with E-state index in [0.29, 0.717) is 5.52 Å². The number of aliphatic hydroxyl groups excluding tert-OH is 1. The average Bonchev–Trinajstić information content (AvgIpc) is 3.09. The molecule has 3 N–H and O–H groups in total. The molecule has 2 aromatic rings. The third kappa shape index (κ3) is 1.89. The van der Waals surface area contributed by atoms with Crippen molar-refractivity contribution in [3.05, 3.63) is 24.2 Å². The van der Waals surface area contributed by atoms with Gasteiger partial charge in [-0.25, -0.2) is 9.50 Å². The maximum atomic E-state index is 11.4. The minimum absolute atomic E-state index is 0.0409. The van der Waals surface area contributed by atoms with Crippen LogP contribution in [0.5, 0.6) is 0 Å². The van der Waals surface area contributed by atoms with Crippen LogP contribution in [0.1, 0.15) is 5.69 Å². The molecular formula is C12H11N5O5P+. The molecule has 0 radical (unpaired) electrons. The minimum atomic E-state index is -2.35.